The molecule has 1 atom stereocenters. The number of aliphatic hydroxyl groups is 1. The van der Waals surface area contributed by atoms with Crippen molar-refractivity contribution in [3.8, 4) is 0 Å². The van der Waals surface area contributed by atoms with Gasteiger partial charge in [-0.25, -0.2) is 0 Å². The van der Waals surface area contributed by atoms with Gasteiger partial charge in [0.25, 0.3) is 0 Å². The van der Waals surface area contributed by atoms with E-state index in [-0.39, 0.29) is 6.61 Å². The Morgan fingerprint density at radius 1 is 1.43 bits per heavy atom. The number of pyridine rings is 1. The van der Waals surface area contributed by atoms with Gasteiger partial charge in [0.15, 0.2) is 0 Å². The molecule has 0 aromatic carbocycles. The zero-order valence-corrected chi connectivity index (χ0v) is 8.61. The van der Waals surface area contributed by atoms with Gasteiger partial charge >= 0.3 is 0 Å². The van der Waals surface area contributed by atoms with Crippen LogP contribution < -0.4 is 5.32 Å². The maximum atomic E-state index is 8.81. The highest BCUT2D eigenvalue weighted by Gasteiger charge is 2.03. The number of hydrogen-bond donors (Lipinski definition) is 2. The molecule has 0 aliphatic carbocycles. The lowest BCUT2D eigenvalue weighted by Crippen LogP contribution is -2.28. The van der Waals surface area contributed by atoms with Crippen LogP contribution in [0.5, 0.6) is 0 Å². The number of aliphatic hydroxyl groups excluding tert-OH is 1. The Bertz CT molecular complexity index is 238. The lowest BCUT2D eigenvalue weighted by Gasteiger charge is -2.15. The highest BCUT2D eigenvalue weighted by molar-refractivity contribution is 5.09. The van der Waals surface area contributed by atoms with Crippen LogP contribution in [0.15, 0.2) is 24.5 Å². The fourth-order valence-electron chi connectivity index (χ4n) is 1.37. The van der Waals surface area contributed by atoms with Crippen molar-refractivity contribution in [2.24, 2.45) is 0 Å². The molecule has 1 aromatic heterocycles. The molecule has 1 rings (SSSR count). The summed E-state index contributed by atoms with van der Waals surface area (Å²) in [5.41, 5.74) is 1.23. The molecule has 1 heterocycles. The molecule has 0 radical (unpaired) electrons. The van der Waals surface area contributed by atoms with E-state index in [2.05, 4.69) is 17.2 Å². The average molecular weight is 194 g/mol. The molecule has 0 fully saturated rings. The predicted octanol–water partition coefficient (Wildman–Crippen LogP) is 1.33. The van der Waals surface area contributed by atoms with Crippen LogP contribution in [-0.4, -0.2) is 22.7 Å². The standard InChI is InChI=1S/C11H18N2O/c1-2-11(5-8-14)13-9-10-3-6-12-7-4-10/h3-4,6-7,11,13-14H,2,5,8-9H2,1H3. The van der Waals surface area contributed by atoms with E-state index in [4.69, 9.17) is 5.11 Å². The van der Waals surface area contributed by atoms with Crippen molar-refractivity contribution in [1.82, 2.24) is 10.3 Å². The molecule has 0 spiro atoms. The fraction of sp³-hybridized carbons (Fsp3) is 0.545. The Morgan fingerprint density at radius 2 is 2.14 bits per heavy atom. The molecule has 2 N–H and O–H groups in total. The zero-order valence-electron chi connectivity index (χ0n) is 8.61. The average Bonchev–Trinajstić information content (AvgIpc) is 2.25. The van der Waals surface area contributed by atoms with Gasteiger partial charge in [0.05, 0.1) is 0 Å². The molecular formula is C11H18N2O. The van der Waals surface area contributed by atoms with Gasteiger partial charge in [-0.1, -0.05) is 6.92 Å². The zero-order chi connectivity index (χ0) is 10.2. The minimum Gasteiger partial charge on any atom is -0.396 e. The molecule has 1 aromatic rings. The van der Waals surface area contributed by atoms with Crippen LogP contribution in [0.4, 0.5) is 0 Å². The molecule has 14 heavy (non-hydrogen) atoms. The van der Waals surface area contributed by atoms with Crippen molar-refractivity contribution < 1.29 is 5.11 Å². The molecule has 0 amide bonds. The molecule has 0 aliphatic rings. The van der Waals surface area contributed by atoms with E-state index in [1.807, 2.05) is 12.1 Å². The normalized spacial score (nSPS) is 12.7. The van der Waals surface area contributed by atoms with E-state index in [9.17, 15) is 0 Å². The number of nitrogens with one attached hydrogen (secondary N) is 1. The van der Waals surface area contributed by atoms with Gasteiger partial charge in [-0.2, -0.15) is 0 Å². The first kappa shape index (κ1) is 11.1. The highest BCUT2D eigenvalue weighted by Crippen LogP contribution is 2.00. The van der Waals surface area contributed by atoms with Crippen LogP contribution in [0.1, 0.15) is 25.3 Å². The van der Waals surface area contributed by atoms with Crippen molar-refractivity contribution in [3.05, 3.63) is 30.1 Å². The van der Waals surface area contributed by atoms with Gasteiger partial charge in [-0.05, 0) is 30.5 Å². The summed E-state index contributed by atoms with van der Waals surface area (Å²) in [7, 11) is 0. The molecule has 0 saturated heterocycles. The Morgan fingerprint density at radius 3 is 2.71 bits per heavy atom. The molecule has 0 bridgehead atoms. The van der Waals surface area contributed by atoms with Crippen molar-refractivity contribution in [2.75, 3.05) is 6.61 Å². The summed E-state index contributed by atoms with van der Waals surface area (Å²) < 4.78 is 0. The molecule has 1 unspecified atom stereocenters. The third-order valence-corrected chi connectivity index (χ3v) is 2.31. The monoisotopic (exact) mass is 194 g/mol. The second-order valence-electron chi connectivity index (χ2n) is 3.35. The molecular weight excluding hydrogens is 176 g/mol. The quantitative estimate of drug-likeness (QED) is 0.718. The van der Waals surface area contributed by atoms with Crippen LogP contribution in [0, 0.1) is 0 Å². The Balaban J connectivity index is 2.32. The van der Waals surface area contributed by atoms with E-state index < -0.39 is 0 Å². The van der Waals surface area contributed by atoms with Gasteiger partial charge in [0.2, 0.25) is 0 Å². The molecule has 78 valence electrons. The molecule has 0 saturated carbocycles. The van der Waals surface area contributed by atoms with Crippen LogP contribution in [0.2, 0.25) is 0 Å². The smallest absolute Gasteiger partial charge is 0.0445 e. The van der Waals surface area contributed by atoms with Crippen molar-refractivity contribution in [2.45, 2.75) is 32.4 Å². The van der Waals surface area contributed by atoms with Crippen LogP contribution in [0.25, 0.3) is 0 Å². The maximum absolute atomic E-state index is 8.81. The first-order valence-corrected chi connectivity index (χ1v) is 5.10. The van der Waals surface area contributed by atoms with Crippen LogP contribution >= 0.6 is 0 Å². The fourth-order valence-corrected chi connectivity index (χ4v) is 1.37. The molecule has 3 heteroatoms. The van der Waals surface area contributed by atoms with Crippen molar-refractivity contribution in [1.29, 1.82) is 0 Å². The van der Waals surface area contributed by atoms with Crippen LogP contribution in [0.3, 0.4) is 0 Å². The first-order valence-electron chi connectivity index (χ1n) is 5.10. The summed E-state index contributed by atoms with van der Waals surface area (Å²) in [6.07, 6.45) is 5.46. The summed E-state index contributed by atoms with van der Waals surface area (Å²) in [6.45, 7) is 3.22. The first-order chi connectivity index (χ1) is 6.86. The summed E-state index contributed by atoms with van der Waals surface area (Å²) in [5.74, 6) is 0. The molecule has 3 nitrogen and oxygen atoms in total. The maximum Gasteiger partial charge on any atom is 0.0445 e. The topological polar surface area (TPSA) is 45.1 Å². The lowest BCUT2D eigenvalue weighted by molar-refractivity contribution is 0.262. The summed E-state index contributed by atoms with van der Waals surface area (Å²) in [6, 6.07) is 4.41. The lowest BCUT2D eigenvalue weighted by atomic mass is 10.1. The molecule has 0 aliphatic heterocycles. The Hall–Kier alpha value is -0.930. The Labute approximate surface area is 85.2 Å². The summed E-state index contributed by atoms with van der Waals surface area (Å²) in [4.78, 5) is 3.96. The summed E-state index contributed by atoms with van der Waals surface area (Å²) in [5, 5.41) is 12.2. The van der Waals surface area contributed by atoms with E-state index in [0.717, 1.165) is 19.4 Å². The van der Waals surface area contributed by atoms with E-state index >= 15 is 0 Å². The van der Waals surface area contributed by atoms with Gasteiger partial charge in [0.1, 0.15) is 0 Å². The number of rotatable bonds is 6. The van der Waals surface area contributed by atoms with Crippen molar-refractivity contribution >= 4 is 0 Å². The summed E-state index contributed by atoms with van der Waals surface area (Å²) >= 11 is 0. The van der Waals surface area contributed by atoms with Gasteiger partial charge in [-0.15, -0.1) is 0 Å². The number of nitrogens with zero attached hydrogens (tertiary/aromatic N) is 1. The van der Waals surface area contributed by atoms with Gasteiger partial charge < -0.3 is 10.4 Å². The van der Waals surface area contributed by atoms with Crippen LogP contribution in [-0.2, 0) is 6.54 Å². The minimum absolute atomic E-state index is 0.252. The van der Waals surface area contributed by atoms with E-state index in [1.54, 1.807) is 12.4 Å². The van der Waals surface area contributed by atoms with E-state index in [0.29, 0.717) is 6.04 Å². The largest absolute Gasteiger partial charge is 0.396 e. The SMILES string of the molecule is CCC(CCO)NCc1ccncc1. The second kappa shape index (κ2) is 6.51. The van der Waals surface area contributed by atoms with Gasteiger partial charge in [-0.3, -0.25) is 4.98 Å². The third-order valence-electron chi connectivity index (χ3n) is 2.31. The Kier molecular flexibility index (Phi) is 5.19. The minimum atomic E-state index is 0.252. The predicted molar refractivity (Wildman–Crippen MR) is 56.9 cm³/mol. The number of aromatic nitrogens is 1. The number of hydrogen-bond acceptors (Lipinski definition) is 3. The second-order valence-corrected chi connectivity index (χ2v) is 3.35. The van der Waals surface area contributed by atoms with E-state index in [1.165, 1.54) is 5.56 Å². The van der Waals surface area contributed by atoms with Crippen molar-refractivity contribution in [3.63, 3.8) is 0 Å². The highest BCUT2D eigenvalue weighted by atomic mass is 16.3. The van der Waals surface area contributed by atoms with Gasteiger partial charge in [0, 0.05) is 31.6 Å². The third kappa shape index (κ3) is 3.85.